The monoisotopic (exact) mass is 966 g/mol. The van der Waals surface area contributed by atoms with E-state index in [1.165, 1.54) is 32.4 Å². The molecule has 17 nitrogen and oxygen atoms in total. The van der Waals surface area contributed by atoms with Crippen LogP contribution in [-0.2, 0) is 19.1 Å². The maximum Gasteiger partial charge on any atom is 0.417 e. The Morgan fingerprint density at radius 2 is 1.77 bits per heavy atom. The number of fused-ring (bicyclic) bond motifs is 2. The molecule has 3 N–H and O–H groups in total. The number of carbonyl (C=O) groups is 2. The van der Waals surface area contributed by atoms with E-state index in [4.69, 9.17) is 38.4 Å². The van der Waals surface area contributed by atoms with Crippen LogP contribution < -0.4 is 24.3 Å². The number of benzene rings is 3. The summed E-state index contributed by atoms with van der Waals surface area (Å²) in [4.78, 5) is 47.4. The zero-order valence-corrected chi connectivity index (χ0v) is 40.3. The van der Waals surface area contributed by atoms with Crippen LogP contribution in [0.5, 0.6) is 23.0 Å². The lowest BCUT2D eigenvalue weighted by molar-refractivity contribution is -0.384. The van der Waals surface area contributed by atoms with Crippen molar-refractivity contribution in [3.8, 4) is 23.0 Å². The average molecular weight is 967 g/mol. The summed E-state index contributed by atoms with van der Waals surface area (Å²) >= 11 is 0. The lowest BCUT2D eigenvalue weighted by Crippen LogP contribution is -2.70. The van der Waals surface area contributed by atoms with E-state index in [1.807, 2.05) is 13.0 Å². The number of anilines is 1. The van der Waals surface area contributed by atoms with Crippen LogP contribution in [0, 0.1) is 27.9 Å². The van der Waals surface area contributed by atoms with Gasteiger partial charge in [0.2, 0.25) is 18.0 Å². The fourth-order valence-electron chi connectivity index (χ4n) is 10.4. The lowest BCUT2D eigenvalue weighted by atomic mass is 9.55. The first kappa shape index (κ1) is 51.6. The molecule has 2 fully saturated rings. The predicted octanol–water partition coefficient (Wildman–Crippen LogP) is 9.34. The highest BCUT2D eigenvalue weighted by Gasteiger charge is 2.65. The molecule has 0 aromatic heterocycles. The van der Waals surface area contributed by atoms with E-state index in [-0.39, 0.29) is 61.3 Å². The van der Waals surface area contributed by atoms with E-state index < -0.39 is 35.1 Å². The molecule has 7 rings (SSSR count). The second-order valence-electron chi connectivity index (χ2n) is 18.0. The van der Waals surface area contributed by atoms with Gasteiger partial charge in [0.25, 0.3) is 5.69 Å². The van der Waals surface area contributed by atoms with Gasteiger partial charge < -0.3 is 48.4 Å². The normalized spacial score (nSPS) is 24.1. The number of carbonyl (C=O) groups excluding carboxylic acids is 2. The van der Waals surface area contributed by atoms with Gasteiger partial charge in [-0.15, -0.1) is 6.58 Å². The van der Waals surface area contributed by atoms with E-state index in [2.05, 4.69) is 18.0 Å². The van der Waals surface area contributed by atoms with Crippen molar-refractivity contribution >= 4 is 35.2 Å². The topological polar surface area (TPSA) is 210 Å². The standard InChI is InChI=1S/C53H66N4O13/c1-5-26-56(48(60)25-18-35-16-19-37(20-17-35)57(62)63)47-34-44(55-70-49-15-9-12-30-66-49)41-31-36(13-7-10-27-58)40(14-8-11-28-59)50-42-32-39(22-24-45(42)69-53(47,51(41)50)67-29-6-2)68-52(61)54-43-23-21-38(64-3)33-46(43)65-4/h6,16-25,31-33,36,40,47,49-51,58-59H,2,5,7-15,26-30,34H2,1,3-4H3,(H,54,61). The number of aliphatic hydroxyl groups is 2. The molecule has 0 spiro atoms. The SMILES string of the molecule is C=CCOC12Oc3ccc(OC(=O)Nc4ccc(OC)cc4OC)cc3C3C(CCCCO)C(CCCCO)C=C(C(=NOC4CCCCO4)CC1N(CCC)C(=O)C=Cc1ccc([N+](=O)[O-])cc1)C32. The molecule has 7 atom stereocenters. The minimum Gasteiger partial charge on any atom is -0.497 e. The maximum atomic E-state index is 14.8. The summed E-state index contributed by atoms with van der Waals surface area (Å²) in [5.41, 5.74) is 3.16. The highest BCUT2D eigenvalue weighted by Crippen LogP contribution is 2.62. The summed E-state index contributed by atoms with van der Waals surface area (Å²) in [6, 6.07) is 15.5. The van der Waals surface area contributed by atoms with Crippen LogP contribution in [0.3, 0.4) is 0 Å². The number of aliphatic hydroxyl groups excluding tert-OH is 2. The van der Waals surface area contributed by atoms with Gasteiger partial charge in [-0.1, -0.05) is 37.1 Å². The quantitative estimate of drug-likeness (QED) is 0.0266. The van der Waals surface area contributed by atoms with Gasteiger partial charge in [0, 0.05) is 68.4 Å². The first-order valence-electron chi connectivity index (χ1n) is 24.4. The Kier molecular flexibility index (Phi) is 18.1. The van der Waals surface area contributed by atoms with Gasteiger partial charge in [-0.05, 0) is 116 Å². The van der Waals surface area contributed by atoms with Crippen LogP contribution in [0.15, 0.2) is 96.2 Å². The van der Waals surface area contributed by atoms with Crippen molar-refractivity contribution in [3.05, 3.63) is 112 Å². The smallest absolute Gasteiger partial charge is 0.417 e. The second-order valence-corrected chi connectivity index (χ2v) is 18.0. The number of ether oxygens (including phenoxy) is 6. The van der Waals surface area contributed by atoms with Gasteiger partial charge in [-0.25, -0.2) is 4.79 Å². The van der Waals surface area contributed by atoms with Crippen LogP contribution in [0.25, 0.3) is 6.08 Å². The summed E-state index contributed by atoms with van der Waals surface area (Å²) < 4.78 is 37.3. The van der Waals surface area contributed by atoms with Gasteiger partial charge >= 0.3 is 6.09 Å². The average Bonchev–Trinajstić information content (AvgIpc) is 3.37. The van der Waals surface area contributed by atoms with Crippen LogP contribution in [-0.4, -0.2) is 103 Å². The van der Waals surface area contributed by atoms with Gasteiger partial charge in [-0.3, -0.25) is 20.2 Å². The zero-order chi connectivity index (χ0) is 49.6. The zero-order valence-electron chi connectivity index (χ0n) is 40.3. The lowest BCUT2D eigenvalue weighted by Gasteiger charge is -2.60. The molecule has 1 saturated carbocycles. The Balaban J connectivity index is 1.38. The molecule has 17 heteroatoms. The third-order valence-corrected chi connectivity index (χ3v) is 13.6. The summed E-state index contributed by atoms with van der Waals surface area (Å²) in [7, 11) is 3.03. The van der Waals surface area contributed by atoms with Crippen LogP contribution in [0.2, 0.25) is 0 Å². The maximum absolute atomic E-state index is 14.8. The molecule has 376 valence electrons. The molecular weight excluding hydrogens is 901 g/mol. The highest BCUT2D eigenvalue weighted by atomic mass is 16.8. The molecule has 2 heterocycles. The summed E-state index contributed by atoms with van der Waals surface area (Å²) in [6.07, 6.45) is 13.1. The number of nitrogens with zero attached hydrogens (tertiary/aromatic N) is 3. The van der Waals surface area contributed by atoms with Crippen molar-refractivity contribution in [2.24, 2.45) is 22.9 Å². The number of oxime groups is 1. The molecule has 7 unspecified atom stereocenters. The van der Waals surface area contributed by atoms with Crippen LogP contribution >= 0.6 is 0 Å². The molecule has 2 aliphatic heterocycles. The van der Waals surface area contributed by atoms with Crippen LogP contribution in [0.1, 0.15) is 94.6 Å². The summed E-state index contributed by atoms with van der Waals surface area (Å²) in [5, 5.41) is 39.1. The molecular formula is C53H66N4O13. The number of allylic oxidation sites excluding steroid dienone is 1. The number of nitro benzene ring substituents is 1. The van der Waals surface area contributed by atoms with Gasteiger partial charge in [-0.2, -0.15) is 0 Å². The number of unbranched alkanes of at least 4 members (excludes halogenated alkanes) is 2. The number of hydrogen-bond acceptors (Lipinski definition) is 14. The predicted molar refractivity (Wildman–Crippen MR) is 263 cm³/mol. The molecule has 0 bridgehead atoms. The van der Waals surface area contributed by atoms with Crippen molar-refractivity contribution in [2.75, 3.05) is 52.5 Å². The fraction of sp³-hybridized carbons (Fsp3) is 0.491. The van der Waals surface area contributed by atoms with E-state index in [9.17, 15) is 29.9 Å². The van der Waals surface area contributed by atoms with E-state index in [0.29, 0.717) is 85.9 Å². The van der Waals surface area contributed by atoms with E-state index in [1.54, 1.807) is 59.5 Å². The number of rotatable bonds is 23. The minimum absolute atomic E-state index is 0.0240. The van der Waals surface area contributed by atoms with Crippen molar-refractivity contribution < 1.29 is 58.0 Å². The Labute approximate surface area is 409 Å². The first-order valence-corrected chi connectivity index (χ1v) is 24.4. The highest BCUT2D eigenvalue weighted by molar-refractivity contribution is 6.03. The summed E-state index contributed by atoms with van der Waals surface area (Å²) in [5.74, 6) is -1.30. The number of non-ortho nitro benzene ring substituents is 1. The van der Waals surface area contributed by atoms with Crippen LogP contribution in [0.4, 0.5) is 16.2 Å². The number of nitro groups is 1. The largest absolute Gasteiger partial charge is 0.497 e. The van der Waals surface area contributed by atoms with E-state index in [0.717, 1.165) is 36.8 Å². The third-order valence-electron chi connectivity index (χ3n) is 13.6. The minimum atomic E-state index is -1.53. The number of amides is 2. The number of nitrogens with one attached hydrogen (secondary N) is 1. The van der Waals surface area contributed by atoms with Gasteiger partial charge in [0.1, 0.15) is 29.0 Å². The van der Waals surface area contributed by atoms with Crippen molar-refractivity contribution in [2.45, 2.75) is 102 Å². The van der Waals surface area contributed by atoms with Crippen molar-refractivity contribution in [3.63, 3.8) is 0 Å². The van der Waals surface area contributed by atoms with E-state index >= 15 is 0 Å². The van der Waals surface area contributed by atoms with Crippen molar-refractivity contribution in [1.82, 2.24) is 4.90 Å². The number of hydrogen-bond donors (Lipinski definition) is 3. The summed E-state index contributed by atoms with van der Waals surface area (Å²) in [6.45, 7) is 7.01. The molecule has 3 aromatic rings. The molecule has 70 heavy (non-hydrogen) atoms. The fourth-order valence-corrected chi connectivity index (χ4v) is 10.4. The molecule has 1 saturated heterocycles. The van der Waals surface area contributed by atoms with Crippen molar-refractivity contribution in [1.29, 1.82) is 0 Å². The Morgan fingerprint density at radius 1 is 1.00 bits per heavy atom. The first-order chi connectivity index (χ1) is 34.1. The molecule has 2 aliphatic carbocycles. The Morgan fingerprint density at radius 3 is 2.46 bits per heavy atom. The second kappa shape index (κ2) is 24.5. The third kappa shape index (κ3) is 11.8. The Bertz CT molecular complexity index is 2380. The molecule has 4 aliphatic rings. The van der Waals surface area contributed by atoms with Gasteiger partial charge in [0.05, 0.1) is 49.7 Å². The van der Waals surface area contributed by atoms with Gasteiger partial charge in [0.15, 0.2) is 0 Å². The molecule has 2 amide bonds. The molecule has 0 radical (unpaired) electrons. The Hall–Kier alpha value is -6.27. The molecule has 3 aromatic carbocycles. The number of methoxy groups -OCH3 is 2.